The van der Waals surface area contributed by atoms with Crippen LogP contribution in [0, 0.1) is 5.92 Å². The van der Waals surface area contributed by atoms with Gasteiger partial charge in [-0.2, -0.15) is 0 Å². The first-order valence-electron chi connectivity index (χ1n) is 10.2. The minimum Gasteiger partial charge on any atom is -0.779 e. The van der Waals surface area contributed by atoms with E-state index >= 15 is 0 Å². The summed E-state index contributed by atoms with van der Waals surface area (Å²) in [6.45, 7) is 2.29. The quantitative estimate of drug-likeness (QED) is 0.340. The molecule has 0 radical (unpaired) electrons. The summed E-state index contributed by atoms with van der Waals surface area (Å²) in [5.74, 6) is 0.568. The number of hydrogen-bond acceptors (Lipinski definition) is 4. The number of carbonyl (C=O) groups excluding carboxylic acids is 1. The van der Waals surface area contributed by atoms with E-state index in [-0.39, 0.29) is 5.91 Å². The third kappa shape index (κ3) is 13.5. The summed E-state index contributed by atoms with van der Waals surface area (Å²) in [5, 5.41) is 3.08. The Labute approximate surface area is 153 Å². The van der Waals surface area contributed by atoms with Crippen molar-refractivity contribution in [3.63, 3.8) is 0 Å². The summed E-state index contributed by atoms with van der Waals surface area (Å²) < 4.78 is 15.5. The Morgan fingerprint density at radius 3 is 1.96 bits per heavy atom. The van der Waals surface area contributed by atoms with E-state index < -0.39 is 7.60 Å². The van der Waals surface area contributed by atoms with E-state index in [1.165, 1.54) is 51.4 Å². The van der Waals surface area contributed by atoms with Crippen molar-refractivity contribution in [2.75, 3.05) is 19.8 Å². The summed E-state index contributed by atoms with van der Waals surface area (Å²) in [6.07, 6.45) is 16.2. The minimum atomic E-state index is -3.53. The first-order chi connectivity index (χ1) is 12.0. The molecule has 1 atom stereocenters. The van der Waals surface area contributed by atoms with E-state index in [0.717, 1.165) is 51.7 Å². The van der Waals surface area contributed by atoms with Crippen LogP contribution < -0.4 is 10.2 Å². The molecule has 148 valence electrons. The monoisotopic (exact) mass is 374 g/mol. The fourth-order valence-corrected chi connectivity index (χ4v) is 3.88. The summed E-state index contributed by atoms with van der Waals surface area (Å²) in [7, 11) is -3.53. The molecule has 0 saturated heterocycles. The largest absolute Gasteiger partial charge is 0.779 e. The van der Waals surface area contributed by atoms with Crippen molar-refractivity contribution in [3.05, 3.63) is 0 Å². The van der Waals surface area contributed by atoms with Gasteiger partial charge in [0.2, 0.25) is 5.91 Å². The zero-order valence-electron chi connectivity index (χ0n) is 16.0. The molecule has 1 saturated carbocycles. The molecular weight excluding hydrogens is 337 g/mol. The van der Waals surface area contributed by atoms with E-state index in [1.54, 1.807) is 0 Å². The Hall–Kier alpha value is -0.380. The number of amides is 1. The lowest BCUT2D eigenvalue weighted by Crippen LogP contribution is -2.30. The molecule has 25 heavy (non-hydrogen) atoms. The van der Waals surface area contributed by atoms with E-state index in [1.807, 2.05) is 0 Å². The van der Waals surface area contributed by atoms with Crippen LogP contribution in [0.5, 0.6) is 0 Å². The van der Waals surface area contributed by atoms with Gasteiger partial charge >= 0.3 is 0 Å². The molecule has 1 rings (SSSR count). The van der Waals surface area contributed by atoms with E-state index in [2.05, 4.69) is 5.32 Å². The standard InChI is InChI=1S/C19H38NO4P/c1-25(22,23)24-17-13-9-7-5-3-2-4-6-8-12-16-20-19(21)18-14-10-11-15-18/h18H,2-17H2,1H3,(H,20,21)(H,22,23)/p-1. The first kappa shape index (κ1) is 22.7. The number of nitrogens with one attached hydrogen (secondary N) is 1. The van der Waals surface area contributed by atoms with E-state index in [0.29, 0.717) is 12.5 Å². The fraction of sp³-hybridized carbons (Fsp3) is 0.947. The van der Waals surface area contributed by atoms with Crippen LogP contribution in [-0.4, -0.2) is 25.7 Å². The molecule has 0 bridgehead atoms. The highest BCUT2D eigenvalue weighted by Gasteiger charge is 2.21. The molecule has 1 amide bonds. The van der Waals surface area contributed by atoms with Gasteiger partial charge in [0.15, 0.2) is 0 Å². The summed E-state index contributed by atoms with van der Waals surface area (Å²) in [4.78, 5) is 22.7. The van der Waals surface area contributed by atoms with Crippen LogP contribution in [0.15, 0.2) is 0 Å². The molecule has 0 aromatic rings. The van der Waals surface area contributed by atoms with Crippen LogP contribution in [0.1, 0.15) is 89.9 Å². The van der Waals surface area contributed by atoms with Gasteiger partial charge in [0.05, 0.1) is 6.61 Å². The maximum Gasteiger partial charge on any atom is 0.223 e. The molecule has 1 fully saturated rings. The van der Waals surface area contributed by atoms with Crippen LogP contribution in [0.3, 0.4) is 0 Å². The Morgan fingerprint density at radius 2 is 1.44 bits per heavy atom. The van der Waals surface area contributed by atoms with Gasteiger partial charge in [0.1, 0.15) is 7.60 Å². The third-order valence-electron chi connectivity index (χ3n) is 4.92. The van der Waals surface area contributed by atoms with Crippen LogP contribution in [0.4, 0.5) is 0 Å². The molecule has 1 unspecified atom stereocenters. The molecule has 6 heteroatoms. The highest BCUT2D eigenvalue weighted by atomic mass is 31.2. The van der Waals surface area contributed by atoms with Gasteiger partial charge in [-0.15, -0.1) is 0 Å². The van der Waals surface area contributed by atoms with Gasteiger partial charge in [-0.05, 0) is 25.7 Å². The maximum atomic E-state index is 11.8. The Kier molecular flexibility index (Phi) is 12.5. The SMILES string of the molecule is CP(=O)([O-])OCCCCCCCCCCCCNC(=O)C1CCCC1. The highest BCUT2D eigenvalue weighted by Crippen LogP contribution is 2.31. The van der Waals surface area contributed by atoms with Crippen molar-refractivity contribution in [2.45, 2.75) is 89.9 Å². The Morgan fingerprint density at radius 1 is 0.960 bits per heavy atom. The lowest BCUT2D eigenvalue weighted by atomic mass is 10.1. The van der Waals surface area contributed by atoms with Crippen LogP contribution in [0.25, 0.3) is 0 Å². The van der Waals surface area contributed by atoms with E-state index in [4.69, 9.17) is 4.52 Å². The predicted octanol–water partition coefficient (Wildman–Crippen LogP) is 4.39. The van der Waals surface area contributed by atoms with Gasteiger partial charge in [-0.1, -0.05) is 64.2 Å². The van der Waals surface area contributed by atoms with Gasteiger partial charge in [-0.3, -0.25) is 4.79 Å². The smallest absolute Gasteiger partial charge is 0.223 e. The van der Waals surface area contributed by atoms with Crippen molar-refractivity contribution < 1.29 is 18.8 Å². The van der Waals surface area contributed by atoms with E-state index in [9.17, 15) is 14.3 Å². The molecule has 5 nitrogen and oxygen atoms in total. The molecule has 0 heterocycles. The zero-order valence-corrected chi connectivity index (χ0v) is 16.9. The molecule has 1 aliphatic carbocycles. The zero-order chi connectivity index (χ0) is 18.4. The summed E-state index contributed by atoms with van der Waals surface area (Å²) in [6, 6.07) is 0. The lowest BCUT2D eigenvalue weighted by Gasteiger charge is -2.17. The minimum absolute atomic E-state index is 0.278. The molecule has 1 aliphatic rings. The van der Waals surface area contributed by atoms with Crippen molar-refractivity contribution in [3.8, 4) is 0 Å². The molecule has 0 spiro atoms. The van der Waals surface area contributed by atoms with Gasteiger partial charge < -0.3 is 19.3 Å². The average Bonchev–Trinajstić information content (AvgIpc) is 3.08. The van der Waals surface area contributed by atoms with Crippen LogP contribution >= 0.6 is 7.60 Å². The Bertz CT molecular complexity index is 391. The van der Waals surface area contributed by atoms with Gasteiger partial charge in [-0.25, -0.2) is 0 Å². The topological polar surface area (TPSA) is 78.5 Å². The van der Waals surface area contributed by atoms with Crippen molar-refractivity contribution in [1.82, 2.24) is 5.32 Å². The number of unbranched alkanes of at least 4 members (excludes halogenated alkanes) is 9. The van der Waals surface area contributed by atoms with Crippen LogP contribution in [-0.2, 0) is 13.9 Å². The molecular formula is C19H37NO4P-. The molecule has 0 aromatic carbocycles. The molecule has 0 aromatic heterocycles. The number of hydrogen-bond donors (Lipinski definition) is 1. The van der Waals surface area contributed by atoms with Crippen molar-refractivity contribution in [1.29, 1.82) is 0 Å². The average molecular weight is 374 g/mol. The summed E-state index contributed by atoms with van der Waals surface area (Å²) >= 11 is 0. The molecule has 1 N–H and O–H groups in total. The third-order valence-corrected chi connectivity index (χ3v) is 5.57. The summed E-state index contributed by atoms with van der Waals surface area (Å²) in [5.41, 5.74) is 0. The lowest BCUT2D eigenvalue weighted by molar-refractivity contribution is -0.196. The van der Waals surface area contributed by atoms with Gasteiger partial charge in [0.25, 0.3) is 0 Å². The second kappa shape index (κ2) is 13.8. The normalized spacial score (nSPS) is 17.5. The Balaban J connectivity index is 1.74. The maximum absolute atomic E-state index is 11.8. The van der Waals surface area contributed by atoms with Crippen molar-refractivity contribution in [2.24, 2.45) is 5.92 Å². The van der Waals surface area contributed by atoms with Crippen molar-refractivity contribution >= 4 is 13.5 Å². The fourth-order valence-electron chi connectivity index (χ4n) is 3.42. The second-order valence-electron chi connectivity index (χ2n) is 7.41. The first-order valence-corrected chi connectivity index (χ1v) is 12.2. The van der Waals surface area contributed by atoms with Gasteiger partial charge in [0, 0.05) is 19.1 Å². The molecule has 0 aliphatic heterocycles. The number of carbonyl (C=O) groups is 1. The highest BCUT2D eigenvalue weighted by molar-refractivity contribution is 7.50. The number of rotatable bonds is 15. The van der Waals surface area contributed by atoms with Crippen LogP contribution in [0.2, 0.25) is 0 Å². The predicted molar refractivity (Wildman–Crippen MR) is 101 cm³/mol. The second-order valence-corrected chi connectivity index (χ2v) is 9.21.